The second kappa shape index (κ2) is 4.57. The van der Waals surface area contributed by atoms with Crippen LogP contribution in [0.5, 0.6) is 0 Å². The van der Waals surface area contributed by atoms with E-state index in [0.717, 1.165) is 0 Å². The molecular weight excluding hydrogens is 208 g/mol. The predicted molar refractivity (Wildman–Crippen MR) is 59.5 cm³/mol. The van der Waals surface area contributed by atoms with E-state index in [1.807, 2.05) is 0 Å². The Labute approximate surface area is 92.8 Å². The lowest BCUT2D eigenvalue weighted by molar-refractivity contribution is -0.117. The maximum atomic E-state index is 11.6. The summed E-state index contributed by atoms with van der Waals surface area (Å²) < 4.78 is 10.1. The molecule has 5 nitrogen and oxygen atoms in total. The first-order valence-electron chi connectivity index (χ1n) is 4.87. The third-order valence-electron chi connectivity index (χ3n) is 2.04. The van der Waals surface area contributed by atoms with Gasteiger partial charge in [-0.25, -0.2) is 0 Å². The van der Waals surface area contributed by atoms with Gasteiger partial charge in [-0.1, -0.05) is 0 Å². The fraction of sp³-hybridized carbons (Fsp3) is 0.182. The maximum absolute atomic E-state index is 11.6. The first-order valence-corrected chi connectivity index (χ1v) is 4.87. The second-order valence-electron chi connectivity index (χ2n) is 3.28. The van der Waals surface area contributed by atoms with Crippen LogP contribution in [0.4, 0.5) is 11.4 Å². The Balaban J connectivity index is 2.01. The molecule has 1 aromatic carbocycles. The van der Waals surface area contributed by atoms with Crippen LogP contribution in [-0.2, 0) is 14.3 Å². The number of anilines is 2. The normalized spacial score (nSPS) is 14.4. The molecule has 1 amide bonds. The molecule has 0 unspecified atom stereocenters. The van der Waals surface area contributed by atoms with Gasteiger partial charge < -0.3 is 20.5 Å². The number of nitrogens with one attached hydrogen (secondary N) is 1. The van der Waals surface area contributed by atoms with Crippen LogP contribution < -0.4 is 11.1 Å². The highest BCUT2D eigenvalue weighted by Crippen LogP contribution is 2.13. The van der Waals surface area contributed by atoms with Crippen molar-refractivity contribution in [1.82, 2.24) is 0 Å². The molecule has 1 heterocycles. The molecule has 5 heteroatoms. The van der Waals surface area contributed by atoms with E-state index >= 15 is 0 Å². The van der Waals surface area contributed by atoms with Crippen molar-refractivity contribution >= 4 is 17.3 Å². The van der Waals surface area contributed by atoms with E-state index in [9.17, 15) is 4.79 Å². The topological polar surface area (TPSA) is 73.6 Å². The van der Waals surface area contributed by atoms with E-state index in [2.05, 4.69) is 5.32 Å². The quantitative estimate of drug-likeness (QED) is 0.732. The van der Waals surface area contributed by atoms with Crippen LogP contribution in [0.15, 0.2) is 36.3 Å². The molecular formula is C11H12N2O3. The molecule has 0 aliphatic carbocycles. The first-order chi connectivity index (χ1) is 7.75. The Bertz CT molecular complexity index is 412. The van der Waals surface area contributed by atoms with Gasteiger partial charge in [0.15, 0.2) is 0 Å². The zero-order valence-corrected chi connectivity index (χ0v) is 8.60. The summed E-state index contributed by atoms with van der Waals surface area (Å²) >= 11 is 0. The highest BCUT2D eigenvalue weighted by Gasteiger charge is 2.14. The highest BCUT2D eigenvalue weighted by molar-refractivity contribution is 6.02. The Morgan fingerprint density at radius 3 is 2.62 bits per heavy atom. The van der Waals surface area contributed by atoms with Crippen molar-refractivity contribution in [1.29, 1.82) is 0 Å². The van der Waals surface area contributed by atoms with Crippen LogP contribution in [0.2, 0.25) is 0 Å². The Morgan fingerprint density at radius 1 is 1.25 bits per heavy atom. The molecule has 1 aromatic rings. The molecule has 2 rings (SSSR count). The van der Waals surface area contributed by atoms with Crippen molar-refractivity contribution in [3.05, 3.63) is 36.3 Å². The van der Waals surface area contributed by atoms with Gasteiger partial charge in [0.1, 0.15) is 19.5 Å². The number of benzene rings is 1. The number of hydrogen-bond donors (Lipinski definition) is 2. The van der Waals surface area contributed by atoms with Crippen LogP contribution in [0.1, 0.15) is 0 Å². The lowest BCUT2D eigenvalue weighted by Crippen LogP contribution is -2.21. The molecule has 0 spiro atoms. The Morgan fingerprint density at radius 2 is 2.00 bits per heavy atom. The fourth-order valence-electron chi connectivity index (χ4n) is 1.25. The van der Waals surface area contributed by atoms with Crippen LogP contribution in [-0.4, -0.2) is 19.1 Å². The Hall–Kier alpha value is -2.17. The van der Waals surface area contributed by atoms with Gasteiger partial charge in [-0.2, -0.15) is 0 Å². The van der Waals surface area contributed by atoms with E-state index < -0.39 is 0 Å². The average Bonchev–Trinajstić information content (AvgIpc) is 2.33. The van der Waals surface area contributed by atoms with Crippen molar-refractivity contribution in [2.75, 3.05) is 24.3 Å². The van der Waals surface area contributed by atoms with Gasteiger partial charge in [0.2, 0.25) is 5.76 Å². The third-order valence-corrected chi connectivity index (χ3v) is 2.04. The van der Waals surface area contributed by atoms with Crippen molar-refractivity contribution in [3.8, 4) is 0 Å². The first kappa shape index (κ1) is 10.4. The summed E-state index contributed by atoms with van der Waals surface area (Å²) in [6.45, 7) is 0.861. The summed E-state index contributed by atoms with van der Waals surface area (Å²) in [4.78, 5) is 11.6. The highest BCUT2D eigenvalue weighted by atomic mass is 16.6. The molecule has 0 saturated carbocycles. The molecule has 0 fully saturated rings. The molecule has 1 aliphatic heterocycles. The zero-order valence-electron chi connectivity index (χ0n) is 8.60. The molecule has 3 N–H and O–H groups in total. The molecule has 16 heavy (non-hydrogen) atoms. The second-order valence-corrected chi connectivity index (χ2v) is 3.28. The summed E-state index contributed by atoms with van der Waals surface area (Å²) in [5.41, 5.74) is 6.84. The SMILES string of the molecule is Nc1ccc(NC(=O)C2=COCCO2)cc1. The summed E-state index contributed by atoms with van der Waals surface area (Å²) in [6, 6.07) is 6.86. The largest absolute Gasteiger partial charge is 0.494 e. The number of carbonyl (C=O) groups is 1. The number of carbonyl (C=O) groups excluding carboxylic acids is 1. The molecule has 0 bridgehead atoms. The van der Waals surface area contributed by atoms with Crippen molar-refractivity contribution in [3.63, 3.8) is 0 Å². The van der Waals surface area contributed by atoms with Crippen LogP contribution >= 0.6 is 0 Å². The Kier molecular flexibility index (Phi) is 2.95. The summed E-state index contributed by atoms with van der Waals surface area (Å²) in [7, 11) is 0. The standard InChI is InChI=1S/C11H12N2O3/c12-8-1-3-9(4-2-8)13-11(14)10-7-15-5-6-16-10/h1-4,7H,5-6,12H2,(H,13,14). The van der Waals surface area contributed by atoms with Crippen molar-refractivity contribution in [2.24, 2.45) is 0 Å². The molecule has 84 valence electrons. The monoisotopic (exact) mass is 220 g/mol. The number of ether oxygens (including phenoxy) is 2. The number of hydrogen-bond acceptors (Lipinski definition) is 4. The van der Waals surface area contributed by atoms with Gasteiger partial charge in [-0.05, 0) is 24.3 Å². The number of rotatable bonds is 2. The summed E-state index contributed by atoms with van der Waals surface area (Å²) in [5.74, 6) is -0.146. The minimum absolute atomic E-state index is 0.183. The zero-order chi connectivity index (χ0) is 11.4. The smallest absolute Gasteiger partial charge is 0.294 e. The molecule has 0 atom stereocenters. The van der Waals surface area contributed by atoms with Gasteiger partial charge in [-0.3, -0.25) is 4.79 Å². The predicted octanol–water partition coefficient (Wildman–Crippen LogP) is 1.10. The number of amides is 1. The summed E-state index contributed by atoms with van der Waals surface area (Å²) in [5, 5.41) is 2.67. The maximum Gasteiger partial charge on any atom is 0.294 e. The minimum Gasteiger partial charge on any atom is -0.494 e. The van der Waals surface area contributed by atoms with Crippen LogP contribution in [0.3, 0.4) is 0 Å². The van der Waals surface area contributed by atoms with Crippen molar-refractivity contribution in [2.45, 2.75) is 0 Å². The van der Waals surface area contributed by atoms with Gasteiger partial charge in [-0.15, -0.1) is 0 Å². The van der Waals surface area contributed by atoms with Gasteiger partial charge in [0.05, 0.1) is 0 Å². The van der Waals surface area contributed by atoms with Gasteiger partial charge in [0, 0.05) is 11.4 Å². The van der Waals surface area contributed by atoms with Crippen molar-refractivity contribution < 1.29 is 14.3 Å². The number of nitrogens with two attached hydrogens (primary N) is 1. The molecule has 0 radical (unpaired) electrons. The minimum atomic E-state index is -0.329. The average molecular weight is 220 g/mol. The van der Waals surface area contributed by atoms with Gasteiger partial charge >= 0.3 is 0 Å². The van der Waals surface area contributed by atoms with E-state index in [0.29, 0.717) is 24.6 Å². The van der Waals surface area contributed by atoms with Gasteiger partial charge in [0.25, 0.3) is 5.91 Å². The fourth-order valence-corrected chi connectivity index (χ4v) is 1.25. The molecule has 0 saturated heterocycles. The lowest BCUT2D eigenvalue weighted by Gasteiger charge is -2.14. The molecule has 1 aliphatic rings. The van der Waals surface area contributed by atoms with E-state index in [1.165, 1.54) is 6.26 Å². The molecule has 0 aromatic heterocycles. The van der Waals surface area contributed by atoms with Crippen LogP contribution in [0.25, 0.3) is 0 Å². The third kappa shape index (κ3) is 2.44. The lowest BCUT2D eigenvalue weighted by atomic mass is 10.3. The van der Waals surface area contributed by atoms with E-state index in [-0.39, 0.29) is 11.7 Å². The van der Waals surface area contributed by atoms with E-state index in [1.54, 1.807) is 24.3 Å². The summed E-state index contributed by atoms with van der Waals surface area (Å²) in [6.07, 6.45) is 1.32. The van der Waals surface area contributed by atoms with E-state index in [4.69, 9.17) is 15.2 Å². The number of nitrogen functional groups attached to an aromatic ring is 1. The van der Waals surface area contributed by atoms with Crippen LogP contribution in [0, 0.1) is 0 Å².